The molecule has 0 amide bonds. The van der Waals surface area contributed by atoms with Crippen LogP contribution >= 0.6 is 37.7 Å². The van der Waals surface area contributed by atoms with E-state index in [4.69, 9.17) is 19.2 Å². The number of hydrogen-bond donors (Lipinski definition) is 0. The van der Waals surface area contributed by atoms with Crippen molar-refractivity contribution in [2.45, 2.75) is 55.4 Å². The summed E-state index contributed by atoms with van der Waals surface area (Å²) in [6.45, 7) is 16.0. The molecular formula is C98H80Cl4N28O2Pt4-3. The second-order valence-electron chi connectivity index (χ2n) is 30.6. The van der Waals surface area contributed by atoms with Crippen molar-refractivity contribution in [1.82, 2.24) is 107 Å². The van der Waals surface area contributed by atoms with Crippen LogP contribution in [0.2, 0.25) is 0 Å². The van der Waals surface area contributed by atoms with E-state index in [0.29, 0.717) is 22.6 Å². The van der Waals surface area contributed by atoms with Gasteiger partial charge in [-0.15, -0.1) is 34.9 Å². The van der Waals surface area contributed by atoms with Gasteiger partial charge in [0.15, 0.2) is 25.3 Å². The van der Waals surface area contributed by atoms with E-state index in [9.17, 15) is 0 Å². The summed E-state index contributed by atoms with van der Waals surface area (Å²) in [5, 5.41) is 18.0. The summed E-state index contributed by atoms with van der Waals surface area (Å²) in [6.07, 6.45) is 44.5. The number of hydrogen-bond acceptors (Lipinski definition) is 16. The molecule has 0 saturated heterocycles. The molecule has 22 rings (SSSR count). The average molecular weight is 2600 g/mol. The predicted octanol–water partition coefficient (Wildman–Crippen LogP) is 14.6. The second kappa shape index (κ2) is 44.2. The summed E-state index contributed by atoms with van der Waals surface area (Å²) in [4.78, 5) is 45.2. The Morgan fingerprint density at radius 2 is 0.610 bits per heavy atom. The number of fused-ring (bicyclic) bond motifs is 4. The predicted molar refractivity (Wildman–Crippen MR) is 493 cm³/mol. The Morgan fingerprint density at radius 3 is 0.904 bits per heavy atom. The molecule has 136 heavy (non-hydrogen) atoms. The van der Waals surface area contributed by atoms with Crippen LogP contribution in [0.1, 0.15) is 45.7 Å². The molecule has 0 spiro atoms. The first-order valence-electron chi connectivity index (χ1n) is 41.3. The Bertz CT molecular complexity index is 7300. The van der Waals surface area contributed by atoms with E-state index >= 15 is 0 Å². The Kier molecular flexibility index (Phi) is 31.7. The third kappa shape index (κ3) is 20.6. The molecule has 0 aliphatic carbocycles. The van der Waals surface area contributed by atoms with E-state index in [1.54, 1.807) is 137 Å². The minimum absolute atomic E-state index is 0.680. The van der Waals surface area contributed by atoms with Crippen molar-refractivity contribution in [3.8, 4) is 113 Å². The van der Waals surface area contributed by atoms with Crippen LogP contribution in [-0.4, -0.2) is 107 Å². The molecule has 0 atom stereocenters. The molecule has 695 valence electrons. The number of aromatic nitrogens is 28. The van der Waals surface area contributed by atoms with Gasteiger partial charge in [0.2, 0.25) is 35.2 Å². The van der Waals surface area contributed by atoms with Crippen molar-refractivity contribution < 1.29 is 112 Å². The van der Waals surface area contributed by atoms with Gasteiger partial charge in [0.25, 0.3) is 0 Å². The Morgan fingerprint density at radius 1 is 0.316 bits per heavy atom. The third-order valence-corrected chi connectivity index (χ3v) is 21.7. The second-order valence-corrected chi connectivity index (χ2v) is 30.6. The quantitative estimate of drug-likeness (QED) is 0.0723. The number of imidazole rings is 6. The fourth-order valence-electron chi connectivity index (χ4n) is 16.0. The number of pyridine rings is 2. The van der Waals surface area contributed by atoms with E-state index in [0.717, 1.165) is 181 Å². The molecule has 0 radical (unpaired) electrons. The van der Waals surface area contributed by atoms with Crippen molar-refractivity contribution in [1.29, 1.82) is 0 Å². The normalized spacial score (nSPS) is 10.9. The molecule has 38 heteroatoms. The molecule has 30 nitrogen and oxygen atoms in total. The van der Waals surface area contributed by atoms with Gasteiger partial charge in [-0.25, -0.2) is 21.5 Å². The first-order chi connectivity index (χ1) is 66.2. The fraction of sp³-hybridized carbons (Fsp3) is 0.143. The minimum atomic E-state index is 0.680. The van der Waals surface area contributed by atoms with E-state index < -0.39 is 0 Å². The fourth-order valence-corrected chi connectivity index (χ4v) is 16.0. The standard InChI is InChI=1S/2C29H23N10.C21H16N3O.C19H18N5O.4ClH.4Pt/c2*1-19-25(20(2)39(34-19)22-8-6-5-7-9-22)21-14-23(37-17-35(3)26-28(37)32-12-10-30-26)16-24(15-21)38-18-36(4)27-29(38)33-13-11-31-27;1-14-21(15(2)25-24-14)18-12-16(19-7-3-5-9-22-19)11-17(13-18)20-8-4-6-10-23-20;1-14-19(15(2)25-20-14)16-9-17(23-7-5-21(3)12-23)11-18(10-16)24-8-6-22(4)13-24;;;;;;;;/h2*5-15H,1-4H3;3-10,12-13H,1-2H3;5-10H,1-4H3;4*1H;;;;/q4*-1;;;;;3*+1;+2/p-4. The van der Waals surface area contributed by atoms with Gasteiger partial charge >= 0.3 is 113 Å². The van der Waals surface area contributed by atoms with Crippen LogP contribution in [0.4, 0.5) is 0 Å². The van der Waals surface area contributed by atoms with Gasteiger partial charge in [0.05, 0.1) is 73.0 Å². The number of aryl methyl sites for hydroxylation is 12. The van der Waals surface area contributed by atoms with Crippen molar-refractivity contribution in [3.05, 3.63) is 340 Å². The Labute approximate surface area is 844 Å². The summed E-state index contributed by atoms with van der Waals surface area (Å²) in [5.41, 5.74) is 29.6. The van der Waals surface area contributed by atoms with Gasteiger partial charge in [0, 0.05) is 110 Å². The topological polar surface area (TPSA) is 269 Å². The summed E-state index contributed by atoms with van der Waals surface area (Å²) in [5.74, 6) is 1.59. The van der Waals surface area contributed by atoms with Gasteiger partial charge in [-0.3, -0.25) is 29.9 Å². The molecular weight excluding hydrogens is 2520 g/mol. The molecule has 6 aromatic carbocycles. The molecule has 0 unspecified atom stereocenters. The summed E-state index contributed by atoms with van der Waals surface area (Å²) >= 11 is 6.44. The maximum absolute atomic E-state index is 5.35. The molecule has 0 N–H and O–H groups in total. The SMILES string of the molecule is Cc1nn(-c2ccccc2)c(C)c1-c1cc(-n2[c-][n+](C)c3nccnc32)[c-]c(-n2[c-][n+](C)c3nccnc32)c1.Cc1nn(-c2ccccc2)c(C)c1-c1cc(-n2[c-][n+](C)c3nccnc32)[c-]c(-n2[c-][n+](C)c3nccnc32)c1.Cc1noc(C)c1-c1cc(-c2ccccn2)[c-]c(-c2ccccn2)c1.Cc1noc(C)c1-c1cc(-n2[c-][n+](C)cc2)[c-]c(-n2[c-][n+](C)cc2)c1.[Cl][Pt+].[Cl][Pt].[Cl][Pt].[Cl][Pt]. The van der Waals surface area contributed by atoms with E-state index in [2.05, 4.69) is 247 Å². The van der Waals surface area contributed by atoms with Gasteiger partial charge in [-0.2, -0.15) is 72.6 Å². The van der Waals surface area contributed by atoms with Crippen LogP contribution in [0.15, 0.2) is 241 Å². The molecule has 0 saturated carbocycles. The summed E-state index contributed by atoms with van der Waals surface area (Å²) in [6, 6.07) is 62.6. The monoisotopic (exact) mass is 2600 g/mol. The van der Waals surface area contributed by atoms with Crippen LogP contribution in [0.3, 0.4) is 0 Å². The number of rotatable bonds is 14. The molecule has 16 aromatic heterocycles. The summed E-state index contributed by atoms with van der Waals surface area (Å²) < 4.78 is 37.0. The first-order valence-corrected chi connectivity index (χ1v) is 52.6. The zero-order valence-corrected chi connectivity index (χ0v) is 87.2. The van der Waals surface area contributed by atoms with Crippen LogP contribution in [-0.2, 0) is 117 Å². The molecule has 0 aliphatic rings. The average Bonchev–Trinajstić information content (AvgIpc) is 1.57. The summed E-state index contributed by atoms with van der Waals surface area (Å²) in [7, 11) is 29.9. The zero-order valence-electron chi connectivity index (χ0n) is 75.1. The Balaban J connectivity index is 0.000000137. The van der Waals surface area contributed by atoms with Gasteiger partial charge in [0.1, 0.15) is 58.9 Å². The van der Waals surface area contributed by atoms with Crippen LogP contribution in [0.25, 0.3) is 158 Å². The van der Waals surface area contributed by atoms with E-state index in [1.165, 1.54) is 0 Å². The zero-order chi connectivity index (χ0) is 96.1. The number of para-hydroxylation sites is 2. The van der Waals surface area contributed by atoms with E-state index in [1.807, 2.05) is 246 Å². The van der Waals surface area contributed by atoms with Crippen molar-refractivity contribution >= 4 is 82.8 Å². The number of benzene rings is 6. The first kappa shape index (κ1) is 97.5. The van der Waals surface area contributed by atoms with Crippen molar-refractivity contribution in [3.63, 3.8) is 0 Å². The number of halogens is 4. The van der Waals surface area contributed by atoms with Gasteiger partial charge < -0.3 is 63.9 Å². The van der Waals surface area contributed by atoms with Crippen LogP contribution in [0.5, 0.6) is 0 Å². The number of nitrogens with zero attached hydrogens (tertiary/aromatic N) is 28. The van der Waals surface area contributed by atoms with Gasteiger partial charge in [-0.05, 0) is 91.8 Å². The molecule has 0 aliphatic heterocycles. The molecule has 0 bridgehead atoms. The van der Waals surface area contributed by atoms with E-state index in [-0.39, 0.29) is 0 Å². The van der Waals surface area contributed by atoms with Crippen molar-refractivity contribution in [2.24, 2.45) is 42.3 Å². The molecule has 22 aromatic rings. The van der Waals surface area contributed by atoms with Gasteiger partial charge in [-0.1, -0.05) is 122 Å². The third-order valence-electron chi connectivity index (χ3n) is 21.7. The van der Waals surface area contributed by atoms with Crippen LogP contribution < -0.4 is 27.4 Å². The molecule has 16 heterocycles. The Hall–Kier alpha value is -13.0. The van der Waals surface area contributed by atoms with Crippen molar-refractivity contribution in [2.75, 3.05) is 0 Å². The molecule has 0 fully saturated rings. The maximum atomic E-state index is 5.35. The van der Waals surface area contributed by atoms with Crippen LogP contribution in [0, 0.1) is 118 Å².